The van der Waals surface area contributed by atoms with Crippen LogP contribution in [0.15, 0.2) is 48.5 Å². The highest BCUT2D eigenvalue weighted by Crippen LogP contribution is 2.19. The van der Waals surface area contributed by atoms with Gasteiger partial charge in [0.1, 0.15) is 11.8 Å². The van der Waals surface area contributed by atoms with E-state index in [1.165, 1.54) is 5.56 Å². The molecule has 0 fully saturated rings. The van der Waals surface area contributed by atoms with Crippen LogP contribution in [-0.4, -0.2) is 35.9 Å². The molecular formula is C26H36N2O3. The summed E-state index contributed by atoms with van der Waals surface area (Å²) in [6, 6.07) is 15.2. The van der Waals surface area contributed by atoms with Crippen molar-refractivity contribution in [3.8, 4) is 5.75 Å². The van der Waals surface area contributed by atoms with Crippen LogP contribution in [0.2, 0.25) is 0 Å². The van der Waals surface area contributed by atoms with E-state index in [1.807, 2.05) is 55.5 Å². The summed E-state index contributed by atoms with van der Waals surface area (Å²) in [5.41, 5.74) is 3.35. The molecule has 0 unspecified atom stereocenters. The molecule has 0 aliphatic carbocycles. The second kappa shape index (κ2) is 12.1. The molecule has 31 heavy (non-hydrogen) atoms. The van der Waals surface area contributed by atoms with Crippen molar-refractivity contribution >= 4 is 11.8 Å². The number of amides is 2. The summed E-state index contributed by atoms with van der Waals surface area (Å²) in [6.07, 6.45) is 1.92. The number of hydrogen-bond donors (Lipinski definition) is 1. The molecule has 0 saturated heterocycles. The monoisotopic (exact) mass is 424 g/mol. The van der Waals surface area contributed by atoms with Gasteiger partial charge in [0, 0.05) is 13.1 Å². The fraction of sp³-hybridized carbons (Fsp3) is 0.462. The molecular weight excluding hydrogens is 388 g/mol. The van der Waals surface area contributed by atoms with Gasteiger partial charge in [-0.25, -0.2) is 0 Å². The quantitative estimate of drug-likeness (QED) is 0.526. The molecule has 2 aromatic rings. The summed E-state index contributed by atoms with van der Waals surface area (Å²) in [5.74, 6) is 0.725. The van der Waals surface area contributed by atoms with Gasteiger partial charge in [-0.3, -0.25) is 9.59 Å². The van der Waals surface area contributed by atoms with Crippen molar-refractivity contribution in [1.29, 1.82) is 0 Å². The molecule has 0 aromatic heterocycles. The van der Waals surface area contributed by atoms with Crippen molar-refractivity contribution in [2.24, 2.45) is 0 Å². The van der Waals surface area contributed by atoms with Crippen LogP contribution in [0.1, 0.15) is 63.1 Å². The second-order valence-electron chi connectivity index (χ2n) is 8.34. The number of nitrogens with one attached hydrogen (secondary N) is 1. The Kier molecular flexibility index (Phi) is 9.57. The van der Waals surface area contributed by atoms with E-state index in [1.54, 1.807) is 11.8 Å². The van der Waals surface area contributed by atoms with Gasteiger partial charge in [0.15, 0.2) is 6.61 Å². The lowest BCUT2D eigenvalue weighted by Crippen LogP contribution is -2.49. The summed E-state index contributed by atoms with van der Waals surface area (Å²) in [6.45, 7) is 11.0. The van der Waals surface area contributed by atoms with Crippen LogP contribution in [0, 0.1) is 6.92 Å². The van der Waals surface area contributed by atoms with Crippen molar-refractivity contribution in [2.75, 3.05) is 13.2 Å². The van der Waals surface area contributed by atoms with Crippen molar-refractivity contribution in [2.45, 2.75) is 66.0 Å². The summed E-state index contributed by atoms with van der Waals surface area (Å²) < 4.78 is 5.75. The third kappa shape index (κ3) is 7.74. The first-order chi connectivity index (χ1) is 14.8. The Morgan fingerprint density at radius 2 is 1.65 bits per heavy atom. The van der Waals surface area contributed by atoms with E-state index in [0.717, 1.165) is 24.0 Å². The Labute approximate surface area is 186 Å². The van der Waals surface area contributed by atoms with Gasteiger partial charge in [0.25, 0.3) is 5.91 Å². The highest BCUT2D eigenvalue weighted by Gasteiger charge is 2.26. The number of carbonyl (C=O) groups is 2. The van der Waals surface area contributed by atoms with Crippen LogP contribution in [0.25, 0.3) is 0 Å². The average molecular weight is 425 g/mol. The lowest BCUT2D eigenvalue weighted by molar-refractivity contribution is -0.142. The van der Waals surface area contributed by atoms with Crippen LogP contribution >= 0.6 is 0 Å². The smallest absolute Gasteiger partial charge is 0.261 e. The molecule has 5 nitrogen and oxygen atoms in total. The minimum atomic E-state index is -0.586. The van der Waals surface area contributed by atoms with E-state index < -0.39 is 6.04 Å². The molecule has 0 radical (unpaired) electrons. The molecule has 5 heteroatoms. The van der Waals surface area contributed by atoms with Crippen LogP contribution in [-0.2, 0) is 16.1 Å². The fourth-order valence-corrected chi connectivity index (χ4v) is 3.19. The number of carbonyl (C=O) groups excluding carboxylic acids is 2. The number of unbranched alkanes of at least 4 members (excludes halogenated alkanes) is 1. The maximum atomic E-state index is 13.1. The molecule has 1 atom stereocenters. The number of aryl methyl sites for hydroxylation is 1. The second-order valence-corrected chi connectivity index (χ2v) is 8.34. The third-order valence-electron chi connectivity index (χ3n) is 5.38. The molecule has 0 aliphatic heterocycles. The van der Waals surface area contributed by atoms with E-state index in [9.17, 15) is 9.59 Å². The molecule has 0 aliphatic rings. The van der Waals surface area contributed by atoms with Gasteiger partial charge in [-0.2, -0.15) is 0 Å². The maximum Gasteiger partial charge on any atom is 0.261 e. The first-order valence-corrected chi connectivity index (χ1v) is 11.2. The van der Waals surface area contributed by atoms with Crippen LogP contribution in [0.4, 0.5) is 0 Å². The van der Waals surface area contributed by atoms with Crippen molar-refractivity contribution in [3.63, 3.8) is 0 Å². The van der Waals surface area contributed by atoms with E-state index in [2.05, 4.69) is 26.1 Å². The molecule has 2 rings (SSSR count). The zero-order valence-corrected chi connectivity index (χ0v) is 19.5. The van der Waals surface area contributed by atoms with Gasteiger partial charge in [-0.05, 0) is 49.4 Å². The number of benzene rings is 2. The Morgan fingerprint density at radius 3 is 2.23 bits per heavy atom. The van der Waals surface area contributed by atoms with Crippen molar-refractivity contribution in [3.05, 3.63) is 65.2 Å². The lowest BCUT2D eigenvalue weighted by atomic mass is 10.0. The van der Waals surface area contributed by atoms with Gasteiger partial charge in [-0.1, -0.05) is 69.2 Å². The standard InChI is InChI=1S/C26H36N2O3/c1-6-7-16-27-26(30)21(5)28(17-22-10-8-20(4)9-11-22)25(29)18-31-24-14-12-23(13-15-24)19(2)3/h8-15,19,21H,6-7,16-18H2,1-5H3,(H,27,30)/t21-/m0/s1. The lowest BCUT2D eigenvalue weighted by Gasteiger charge is -2.29. The number of hydrogen-bond acceptors (Lipinski definition) is 3. The number of rotatable bonds is 11. The van der Waals surface area contributed by atoms with E-state index in [4.69, 9.17) is 4.74 Å². The van der Waals surface area contributed by atoms with Gasteiger partial charge < -0.3 is 15.0 Å². The molecule has 0 bridgehead atoms. The minimum absolute atomic E-state index is 0.112. The molecule has 0 heterocycles. The Hall–Kier alpha value is -2.82. The third-order valence-corrected chi connectivity index (χ3v) is 5.38. The molecule has 2 amide bonds. The zero-order chi connectivity index (χ0) is 22.8. The highest BCUT2D eigenvalue weighted by atomic mass is 16.5. The fourth-order valence-electron chi connectivity index (χ4n) is 3.19. The van der Waals surface area contributed by atoms with Crippen molar-refractivity contribution in [1.82, 2.24) is 10.2 Å². The topological polar surface area (TPSA) is 58.6 Å². The SMILES string of the molecule is CCCCNC(=O)[C@H](C)N(Cc1ccc(C)cc1)C(=O)COc1ccc(C(C)C)cc1. The first kappa shape index (κ1) is 24.4. The van der Waals surface area contributed by atoms with E-state index in [0.29, 0.717) is 24.8 Å². The summed E-state index contributed by atoms with van der Waals surface area (Å²) in [4.78, 5) is 27.3. The number of ether oxygens (including phenoxy) is 1. The summed E-state index contributed by atoms with van der Waals surface area (Å²) in [5, 5.41) is 2.93. The first-order valence-electron chi connectivity index (χ1n) is 11.2. The van der Waals surface area contributed by atoms with Crippen molar-refractivity contribution < 1.29 is 14.3 Å². The van der Waals surface area contributed by atoms with Gasteiger partial charge in [0.2, 0.25) is 5.91 Å². The summed E-state index contributed by atoms with van der Waals surface area (Å²) in [7, 11) is 0. The number of nitrogens with zero attached hydrogens (tertiary/aromatic N) is 1. The Balaban J connectivity index is 2.08. The molecule has 2 aromatic carbocycles. The van der Waals surface area contributed by atoms with Crippen LogP contribution in [0.3, 0.4) is 0 Å². The Bertz CT molecular complexity index is 829. The van der Waals surface area contributed by atoms with Gasteiger partial charge >= 0.3 is 0 Å². The largest absolute Gasteiger partial charge is 0.484 e. The molecule has 168 valence electrons. The normalized spacial score (nSPS) is 11.8. The highest BCUT2D eigenvalue weighted by molar-refractivity contribution is 5.87. The molecule has 0 spiro atoms. The zero-order valence-electron chi connectivity index (χ0n) is 19.5. The van der Waals surface area contributed by atoms with Gasteiger partial charge in [-0.15, -0.1) is 0 Å². The maximum absolute atomic E-state index is 13.1. The summed E-state index contributed by atoms with van der Waals surface area (Å²) >= 11 is 0. The predicted octanol–water partition coefficient (Wildman–Crippen LogP) is 4.83. The van der Waals surface area contributed by atoms with E-state index >= 15 is 0 Å². The van der Waals surface area contributed by atoms with Crippen LogP contribution < -0.4 is 10.1 Å². The van der Waals surface area contributed by atoms with E-state index in [-0.39, 0.29) is 18.4 Å². The molecule has 1 N–H and O–H groups in total. The molecule has 0 saturated carbocycles. The minimum Gasteiger partial charge on any atom is -0.484 e. The van der Waals surface area contributed by atoms with Gasteiger partial charge in [0.05, 0.1) is 0 Å². The van der Waals surface area contributed by atoms with Crippen LogP contribution in [0.5, 0.6) is 5.75 Å². The Morgan fingerprint density at radius 1 is 1.00 bits per heavy atom. The average Bonchev–Trinajstić information content (AvgIpc) is 2.77. The predicted molar refractivity (Wildman–Crippen MR) is 125 cm³/mol.